The van der Waals surface area contributed by atoms with Gasteiger partial charge in [-0.25, -0.2) is 0 Å². The van der Waals surface area contributed by atoms with E-state index in [4.69, 9.17) is 27.6 Å². The number of hydrogen-bond donors (Lipinski definition) is 2. The number of halogens is 2. The second-order valence-electron chi connectivity index (χ2n) is 7.06. The Morgan fingerprint density at radius 2 is 1.75 bits per heavy atom. The van der Waals surface area contributed by atoms with Gasteiger partial charge in [0.25, 0.3) is 5.91 Å². The summed E-state index contributed by atoms with van der Waals surface area (Å²) in [6, 6.07) is 16.2. The molecule has 0 fully saturated rings. The van der Waals surface area contributed by atoms with Crippen LogP contribution < -0.4 is 10.6 Å². The molecule has 1 heterocycles. The van der Waals surface area contributed by atoms with E-state index >= 15 is 0 Å². The lowest BCUT2D eigenvalue weighted by atomic mass is 10.0. The molecule has 7 nitrogen and oxygen atoms in total. The number of nitrogens with zero attached hydrogens (tertiary/aromatic N) is 1. The molecule has 32 heavy (non-hydrogen) atoms. The van der Waals surface area contributed by atoms with Crippen molar-refractivity contribution >= 4 is 46.6 Å². The van der Waals surface area contributed by atoms with Gasteiger partial charge in [-0.1, -0.05) is 53.5 Å². The number of nitrogens with one attached hydrogen (secondary N) is 2. The average molecular weight is 474 g/mol. The summed E-state index contributed by atoms with van der Waals surface area (Å²) in [4.78, 5) is 39.3. The molecule has 3 aromatic rings. The second kappa shape index (κ2) is 10.8. The van der Waals surface area contributed by atoms with E-state index in [0.29, 0.717) is 15.7 Å². The lowest BCUT2D eigenvalue weighted by Crippen LogP contribution is -2.50. The quantitative estimate of drug-likeness (QED) is 0.516. The smallest absolute Gasteiger partial charge is 0.287 e. The first-order valence-electron chi connectivity index (χ1n) is 9.71. The maximum atomic E-state index is 13.1. The largest absolute Gasteiger partial charge is 0.459 e. The number of furan rings is 1. The Labute approximate surface area is 195 Å². The molecule has 0 radical (unpaired) electrons. The number of amides is 3. The predicted octanol–water partition coefficient (Wildman–Crippen LogP) is 4.02. The molecule has 3 rings (SSSR count). The zero-order chi connectivity index (χ0) is 23.1. The minimum atomic E-state index is -0.891. The lowest BCUT2D eigenvalue weighted by Gasteiger charge is -2.24. The van der Waals surface area contributed by atoms with Gasteiger partial charge in [-0.2, -0.15) is 0 Å². The van der Waals surface area contributed by atoms with Crippen LogP contribution in [0.15, 0.2) is 71.3 Å². The molecule has 0 saturated carbocycles. The normalized spacial score (nSPS) is 11.5. The number of carbonyl (C=O) groups excluding carboxylic acids is 3. The summed E-state index contributed by atoms with van der Waals surface area (Å²) < 4.78 is 5.11. The molecule has 2 aromatic carbocycles. The van der Waals surface area contributed by atoms with Crippen molar-refractivity contribution < 1.29 is 18.8 Å². The van der Waals surface area contributed by atoms with Crippen LogP contribution in [0.3, 0.4) is 0 Å². The summed E-state index contributed by atoms with van der Waals surface area (Å²) in [5.41, 5.74) is 1.32. The van der Waals surface area contributed by atoms with Gasteiger partial charge in [-0.05, 0) is 35.9 Å². The van der Waals surface area contributed by atoms with Crippen LogP contribution in [0.1, 0.15) is 16.1 Å². The number of carbonyl (C=O) groups is 3. The van der Waals surface area contributed by atoms with Crippen LogP contribution in [0.2, 0.25) is 10.0 Å². The molecule has 3 amide bonds. The van der Waals surface area contributed by atoms with Crippen molar-refractivity contribution in [2.45, 2.75) is 12.5 Å². The third-order valence-electron chi connectivity index (χ3n) is 4.59. The Bertz CT molecular complexity index is 1090. The maximum absolute atomic E-state index is 13.1. The Morgan fingerprint density at radius 3 is 2.41 bits per heavy atom. The fourth-order valence-corrected chi connectivity index (χ4v) is 3.32. The molecule has 0 aliphatic rings. The third-order valence-corrected chi connectivity index (χ3v) is 5.33. The average Bonchev–Trinajstić information content (AvgIpc) is 3.31. The molecule has 1 unspecified atom stereocenters. The molecule has 1 aromatic heterocycles. The van der Waals surface area contributed by atoms with Gasteiger partial charge >= 0.3 is 0 Å². The summed E-state index contributed by atoms with van der Waals surface area (Å²) in [7, 11) is 1.49. The van der Waals surface area contributed by atoms with Gasteiger partial charge in [-0.15, -0.1) is 0 Å². The first-order chi connectivity index (χ1) is 15.3. The molecule has 0 aliphatic carbocycles. The van der Waals surface area contributed by atoms with Crippen LogP contribution in [-0.2, 0) is 16.0 Å². The molecule has 0 aliphatic heterocycles. The zero-order valence-corrected chi connectivity index (χ0v) is 18.7. The van der Waals surface area contributed by atoms with Gasteiger partial charge in [0.15, 0.2) is 5.76 Å². The fourth-order valence-electron chi connectivity index (χ4n) is 3.02. The highest BCUT2D eigenvalue weighted by Crippen LogP contribution is 2.25. The molecule has 0 bridgehead atoms. The van der Waals surface area contributed by atoms with E-state index in [-0.39, 0.29) is 18.7 Å². The van der Waals surface area contributed by atoms with Gasteiger partial charge in [-0.3, -0.25) is 14.4 Å². The van der Waals surface area contributed by atoms with Crippen molar-refractivity contribution in [3.05, 3.63) is 88.3 Å². The van der Waals surface area contributed by atoms with Gasteiger partial charge in [0.05, 0.1) is 22.9 Å². The van der Waals surface area contributed by atoms with Crippen LogP contribution in [0.25, 0.3) is 0 Å². The predicted molar refractivity (Wildman–Crippen MR) is 123 cm³/mol. The van der Waals surface area contributed by atoms with E-state index < -0.39 is 23.8 Å². The minimum Gasteiger partial charge on any atom is -0.459 e. The summed E-state index contributed by atoms with van der Waals surface area (Å²) in [5.74, 6) is -1.26. The van der Waals surface area contributed by atoms with E-state index in [1.165, 1.54) is 30.3 Å². The molecular weight excluding hydrogens is 453 g/mol. The van der Waals surface area contributed by atoms with Gasteiger partial charge < -0.3 is 20.0 Å². The van der Waals surface area contributed by atoms with Crippen LogP contribution in [-0.4, -0.2) is 42.3 Å². The van der Waals surface area contributed by atoms with Crippen molar-refractivity contribution in [3.8, 4) is 0 Å². The van der Waals surface area contributed by atoms with Crippen molar-refractivity contribution in [2.24, 2.45) is 0 Å². The summed E-state index contributed by atoms with van der Waals surface area (Å²) in [5, 5.41) is 6.04. The van der Waals surface area contributed by atoms with E-state index in [1.807, 2.05) is 30.3 Å². The van der Waals surface area contributed by atoms with Crippen LogP contribution in [0, 0.1) is 0 Å². The van der Waals surface area contributed by atoms with Gasteiger partial charge in [0.2, 0.25) is 11.8 Å². The maximum Gasteiger partial charge on any atom is 0.287 e. The number of rotatable bonds is 8. The third kappa shape index (κ3) is 6.35. The zero-order valence-electron chi connectivity index (χ0n) is 17.2. The topological polar surface area (TPSA) is 91.7 Å². The van der Waals surface area contributed by atoms with Crippen LogP contribution in [0.4, 0.5) is 5.69 Å². The molecule has 1 atom stereocenters. The van der Waals surface area contributed by atoms with Crippen molar-refractivity contribution in [1.29, 1.82) is 0 Å². The molecule has 2 N–H and O–H groups in total. The number of hydrogen-bond acceptors (Lipinski definition) is 4. The number of anilines is 1. The Kier molecular flexibility index (Phi) is 7.92. The lowest BCUT2D eigenvalue weighted by molar-refractivity contribution is -0.135. The second-order valence-corrected chi connectivity index (χ2v) is 7.88. The van der Waals surface area contributed by atoms with E-state index in [2.05, 4.69) is 10.6 Å². The standard InChI is InChI=1S/C23H21Cl2N3O4/c1-28(14-21(29)26-16-9-10-17(24)18(25)13-16)23(31)19(12-15-6-3-2-4-7-15)27-22(30)20-8-5-11-32-20/h2-11,13,19H,12,14H2,1H3,(H,26,29)(H,27,30). The van der Waals surface area contributed by atoms with E-state index in [1.54, 1.807) is 18.2 Å². The summed E-state index contributed by atoms with van der Waals surface area (Å²) >= 11 is 11.9. The molecule has 9 heteroatoms. The highest BCUT2D eigenvalue weighted by molar-refractivity contribution is 6.42. The molecule has 0 saturated heterocycles. The van der Waals surface area contributed by atoms with E-state index in [9.17, 15) is 14.4 Å². The summed E-state index contributed by atoms with van der Waals surface area (Å²) in [6.45, 7) is -0.221. The van der Waals surface area contributed by atoms with Crippen molar-refractivity contribution in [3.63, 3.8) is 0 Å². The fraction of sp³-hybridized carbons (Fsp3) is 0.174. The highest BCUT2D eigenvalue weighted by atomic mass is 35.5. The van der Waals surface area contributed by atoms with Crippen molar-refractivity contribution in [1.82, 2.24) is 10.2 Å². The Morgan fingerprint density at radius 1 is 1.00 bits per heavy atom. The molecule has 0 spiro atoms. The van der Waals surface area contributed by atoms with Crippen molar-refractivity contribution in [2.75, 3.05) is 18.9 Å². The van der Waals surface area contributed by atoms with Crippen LogP contribution >= 0.6 is 23.2 Å². The first-order valence-corrected chi connectivity index (χ1v) is 10.5. The summed E-state index contributed by atoms with van der Waals surface area (Å²) in [6.07, 6.45) is 1.63. The number of benzene rings is 2. The Hall–Kier alpha value is -3.29. The monoisotopic (exact) mass is 473 g/mol. The molecule has 166 valence electrons. The minimum absolute atomic E-state index is 0.0934. The Balaban J connectivity index is 1.68. The van der Waals surface area contributed by atoms with Crippen LogP contribution in [0.5, 0.6) is 0 Å². The first kappa shape index (κ1) is 23.4. The van der Waals surface area contributed by atoms with Gasteiger partial charge in [0, 0.05) is 19.2 Å². The molecular formula is C23H21Cl2N3O4. The van der Waals surface area contributed by atoms with Gasteiger partial charge in [0.1, 0.15) is 6.04 Å². The number of likely N-dealkylation sites (N-methyl/N-ethyl adjacent to an activating group) is 1. The highest BCUT2D eigenvalue weighted by Gasteiger charge is 2.26. The SMILES string of the molecule is CN(CC(=O)Nc1ccc(Cl)c(Cl)c1)C(=O)C(Cc1ccccc1)NC(=O)c1ccco1. The van der Waals surface area contributed by atoms with E-state index in [0.717, 1.165) is 5.56 Å².